The maximum atomic E-state index is 12.5. The number of carbonyl (C=O) groups is 3. The molecule has 0 aliphatic carbocycles. The number of primary amides is 1. The van der Waals surface area contributed by atoms with Gasteiger partial charge in [-0.05, 0) is 43.5 Å². The zero-order chi connectivity index (χ0) is 24.9. The molecular weight excluding hydrogens is 448 g/mol. The van der Waals surface area contributed by atoms with Crippen LogP contribution in [0, 0.1) is 11.3 Å². The minimum absolute atomic E-state index is 0.0102. The molecule has 1 aliphatic rings. The highest BCUT2D eigenvalue weighted by atomic mass is 16.2. The molecule has 0 bridgehead atoms. The van der Waals surface area contributed by atoms with Crippen molar-refractivity contribution in [2.45, 2.75) is 31.7 Å². The number of imidazole rings is 1. The summed E-state index contributed by atoms with van der Waals surface area (Å²) in [6.45, 7) is 0.472. The zero-order valence-electron chi connectivity index (χ0n) is 18.8. The third-order valence-corrected chi connectivity index (χ3v) is 5.85. The van der Waals surface area contributed by atoms with E-state index >= 15 is 0 Å². The molecule has 1 saturated heterocycles. The topological polar surface area (TPSA) is 173 Å². The van der Waals surface area contributed by atoms with Crippen LogP contribution in [-0.2, 0) is 4.79 Å². The van der Waals surface area contributed by atoms with Crippen molar-refractivity contribution in [3.05, 3.63) is 65.7 Å². The minimum Gasteiger partial charge on any atom is -0.364 e. The van der Waals surface area contributed by atoms with Crippen LogP contribution >= 0.6 is 0 Å². The summed E-state index contributed by atoms with van der Waals surface area (Å²) < 4.78 is 1.13. The highest BCUT2D eigenvalue weighted by molar-refractivity contribution is 6.04. The Morgan fingerprint density at radius 1 is 1.14 bits per heavy atom. The average molecular weight is 473 g/mol. The van der Waals surface area contributed by atoms with E-state index in [9.17, 15) is 14.4 Å². The average Bonchev–Trinajstić information content (AvgIpc) is 3.22. The number of hydrogen-bond acceptors (Lipinski definition) is 7. The van der Waals surface area contributed by atoms with Gasteiger partial charge < -0.3 is 21.8 Å². The summed E-state index contributed by atoms with van der Waals surface area (Å²) in [5.41, 5.74) is 6.79. The van der Waals surface area contributed by atoms with Crippen LogP contribution in [0.15, 0.2) is 48.7 Å². The van der Waals surface area contributed by atoms with Gasteiger partial charge in [-0.3, -0.25) is 14.4 Å². The van der Waals surface area contributed by atoms with E-state index in [2.05, 4.69) is 15.3 Å². The number of aromatic nitrogens is 3. The van der Waals surface area contributed by atoms with Gasteiger partial charge in [-0.2, -0.15) is 5.26 Å². The Morgan fingerprint density at radius 3 is 2.57 bits per heavy atom. The van der Waals surface area contributed by atoms with Crippen molar-refractivity contribution in [3.8, 4) is 17.3 Å². The van der Waals surface area contributed by atoms with Crippen molar-refractivity contribution < 1.29 is 14.4 Å². The molecule has 3 heterocycles. The number of amides is 3. The number of nitrogens with zero attached hydrogens (tertiary/aromatic N) is 5. The standard InChI is InChI=1S/C24H24N8O3/c25-12-11-19(33)31-14-4-2-5-17(31)23-30-20(21(22(26)34)32(23)27)15-7-9-16(10-8-15)24(35)29-18-6-1-3-13-28-18/h1,3,6-10,13,17H,2,4-5,11,14,27H2,(H2,26,34)(H,28,29,35)/t17-/m0/s1. The van der Waals surface area contributed by atoms with Gasteiger partial charge in [0.15, 0.2) is 11.5 Å². The van der Waals surface area contributed by atoms with Crippen LogP contribution in [0.3, 0.4) is 0 Å². The molecule has 5 N–H and O–H groups in total. The van der Waals surface area contributed by atoms with Crippen LogP contribution in [0.4, 0.5) is 5.82 Å². The number of nitrogens with one attached hydrogen (secondary N) is 1. The quantitative estimate of drug-likeness (QED) is 0.460. The molecule has 0 spiro atoms. The Labute approximate surface area is 201 Å². The molecule has 0 radical (unpaired) electrons. The van der Waals surface area contributed by atoms with Crippen LogP contribution in [0.2, 0.25) is 0 Å². The fraction of sp³-hybridized carbons (Fsp3) is 0.250. The first-order valence-corrected chi connectivity index (χ1v) is 11.1. The third kappa shape index (κ3) is 4.81. The van der Waals surface area contributed by atoms with Gasteiger partial charge in [-0.15, -0.1) is 0 Å². The minimum atomic E-state index is -0.774. The summed E-state index contributed by atoms with van der Waals surface area (Å²) in [6.07, 6.45) is 3.56. The smallest absolute Gasteiger partial charge is 0.269 e. The Morgan fingerprint density at radius 2 is 1.91 bits per heavy atom. The first-order chi connectivity index (χ1) is 16.9. The molecule has 0 unspecified atom stereocenters. The number of nitrogen functional groups attached to an aromatic ring is 1. The van der Waals surface area contributed by atoms with Gasteiger partial charge in [0.05, 0.1) is 12.1 Å². The highest BCUT2D eigenvalue weighted by Crippen LogP contribution is 2.33. The van der Waals surface area contributed by atoms with E-state index in [0.717, 1.165) is 17.5 Å². The van der Waals surface area contributed by atoms with Gasteiger partial charge in [0.2, 0.25) is 5.91 Å². The molecule has 1 aromatic carbocycles. The Kier molecular flexibility index (Phi) is 6.73. The lowest BCUT2D eigenvalue weighted by Gasteiger charge is -2.34. The summed E-state index contributed by atoms with van der Waals surface area (Å²) in [7, 11) is 0. The number of carbonyl (C=O) groups excluding carboxylic acids is 3. The Bertz CT molecular complexity index is 1290. The predicted octanol–water partition coefficient (Wildman–Crippen LogP) is 1.98. The van der Waals surface area contributed by atoms with Crippen LogP contribution in [-0.4, -0.2) is 43.8 Å². The molecule has 35 heavy (non-hydrogen) atoms. The largest absolute Gasteiger partial charge is 0.364 e. The van der Waals surface area contributed by atoms with Crippen LogP contribution in [0.25, 0.3) is 11.3 Å². The van der Waals surface area contributed by atoms with E-state index in [4.69, 9.17) is 16.8 Å². The lowest BCUT2D eigenvalue weighted by molar-refractivity contribution is -0.134. The molecule has 0 saturated carbocycles. The number of anilines is 1. The normalized spacial score (nSPS) is 15.3. The first kappa shape index (κ1) is 23.4. The maximum absolute atomic E-state index is 12.5. The van der Waals surface area contributed by atoms with Crippen molar-refractivity contribution in [1.82, 2.24) is 19.5 Å². The summed E-state index contributed by atoms with van der Waals surface area (Å²) in [5, 5.41) is 11.7. The van der Waals surface area contributed by atoms with E-state index in [1.54, 1.807) is 53.6 Å². The molecule has 2 aromatic heterocycles. The molecule has 1 atom stereocenters. The van der Waals surface area contributed by atoms with Gasteiger partial charge in [0.1, 0.15) is 17.9 Å². The maximum Gasteiger partial charge on any atom is 0.269 e. The van der Waals surface area contributed by atoms with Crippen LogP contribution in [0.5, 0.6) is 0 Å². The van der Waals surface area contributed by atoms with Crippen molar-refractivity contribution in [1.29, 1.82) is 5.26 Å². The highest BCUT2D eigenvalue weighted by Gasteiger charge is 2.33. The number of likely N-dealkylation sites (tertiary alicyclic amines) is 1. The molecule has 11 nitrogen and oxygen atoms in total. The SMILES string of the molecule is N#CCC(=O)N1CCCC[C@H]1c1nc(-c2ccc(C(=O)Nc3ccccn3)cc2)c(C(N)=O)n1N. The monoisotopic (exact) mass is 472 g/mol. The second kappa shape index (κ2) is 10.0. The molecule has 178 valence electrons. The molecular formula is C24H24N8O3. The molecule has 11 heteroatoms. The molecule has 3 amide bonds. The molecule has 1 aliphatic heterocycles. The van der Waals surface area contributed by atoms with E-state index < -0.39 is 11.9 Å². The van der Waals surface area contributed by atoms with Gasteiger partial charge in [-0.25, -0.2) is 14.6 Å². The third-order valence-electron chi connectivity index (χ3n) is 5.85. The summed E-state index contributed by atoms with van der Waals surface area (Å²) in [5.74, 6) is 5.56. The lowest BCUT2D eigenvalue weighted by Crippen LogP contribution is -2.40. The second-order valence-corrected chi connectivity index (χ2v) is 8.08. The summed E-state index contributed by atoms with van der Waals surface area (Å²) in [6, 6.07) is 13.1. The van der Waals surface area contributed by atoms with Gasteiger partial charge >= 0.3 is 0 Å². The molecule has 4 rings (SSSR count). The number of rotatable bonds is 6. The van der Waals surface area contributed by atoms with E-state index in [1.807, 2.05) is 6.07 Å². The summed E-state index contributed by atoms with van der Waals surface area (Å²) in [4.78, 5) is 47.6. The van der Waals surface area contributed by atoms with Crippen molar-refractivity contribution in [2.24, 2.45) is 5.73 Å². The van der Waals surface area contributed by atoms with E-state index in [-0.39, 0.29) is 29.6 Å². The number of pyridine rings is 1. The van der Waals surface area contributed by atoms with Crippen molar-refractivity contribution >= 4 is 23.5 Å². The number of nitriles is 1. The van der Waals surface area contributed by atoms with Gasteiger partial charge in [0.25, 0.3) is 11.8 Å². The number of piperidine rings is 1. The lowest BCUT2D eigenvalue weighted by atomic mass is 10.0. The van der Waals surface area contributed by atoms with Crippen LogP contribution < -0.4 is 16.9 Å². The van der Waals surface area contributed by atoms with E-state index in [1.165, 1.54) is 0 Å². The van der Waals surface area contributed by atoms with Crippen molar-refractivity contribution in [2.75, 3.05) is 17.7 Å². The summed E-state index contributed by atoms with van der Waals surface area (Å²) >= 11 is 0. The Hall–Kier alpha value is -4.72. The first-order valence-electron chi connectivity index (χ1n) is 11.1. The fourth-order valence-electron chi connectivity index (χ4n) is 4.19. The van der Waals surface area contributed by atoms with Gasteiger partial charge in [0, 0.05) is 23.9 Å². The van der Waals surface area contributed by atoms with Gasteiger partial charge in [-0.1, -0.05) is 18.2 Å². The number of nitrogens with two attached hydrogens (primary N) is 2. The predicted molar refractivity (Wildman–Crippen MR) is 127 cm³/mol. The zero-order valence-corrected chi connectivity index (χ0v) is 18.8. The number of hydrogen-bond donors (Lipinski definition) is 3. The van der Waals surface area contributed by atoms with E-state index in [0.29, 0.717) is 35.7 Å². The van der Waals surface area contributed by atoms with Crippen LogP contribution in [0.1, 0.15) is 58.4 Å². The molecule has 1 fully saturated rings. The van der Waals surface area contributed by atoms with Crippen molar-refractivity contribution in [3.63, 3.8) is 0 Å². The fourth-order valence-corrected chi connectivity index (χ4v) is 4.19. The second-order valence-electron chi connectivity index (χ2n) is 8.08. The Balaban J connectivity index is 1.65. The number of benzene rings is 1. The molecule has 3 aromatic rings.